The molecule has 0 spiro atoms. The van der Waals surface area contributed by atoms with Crippen LogP contribution in [-0.4, -0.2) is 35.1 Å². The van der Waals surface area contributed by atoms with E-state index in [0.717, 1.165) is 19.0 Å². The molecule has 0 saturated carbocycles. The van der Waals surface area contributed by atoms with Crippen LogP contribution in [0, 0.1) is 5.92 Å². The Balaban J connectivity index is 2.51. The first-order chi connectivity index (χ1) is 6.65. The first-order valence-electron chi connectivity index (χ1n) is 5.36. The maximum absolute atomic E-state index is 8.59. The summed E-state index contributed by atoms with van der Waals surface area (Å²) < 4.78 is 0. The molecule has 3 N–H and O–H groups in total. The minimum Gasteiger partial charge on any atom is -0.409 e. The lowest BCUT2D eigenvalue weighted by Gasteiger charge is -2.26. The zero-order chi connectivity index (χ0) is 10.6. The number of likely N-dealkylation sites (tertiary alicyclic amines) is 1. The van der Waals surface area contributed by atoms with Crippen LogP contribution in [0.1, 0.15) is 33.1 Å². The number of hydrogen-bond acceptors (Lipinski definition) is 3. The molecule has 82 valence electrons. The third kappa shape index (κ3) is 2.87. The van der Waals surface area contributed by atoms with Crippen LogP contribution in [-0.2, 0) is 0 Å². The molecular weight excluding hydrogens is 178 g/mol. The van der Waals surface area contributed by atoms with E-state index in [1.54, 1.807) is 0 Å². The third-order valence-corrected chi connectivity index (χ3v) is 3.14. The summed E-state index contributed by atoms with van der Waals surface area (Å²) in [5, 5.41) is 11.7. The predicted octanol–water partition coefficient (Wildman–Crippen LogP) is 1.24. The van der Waals surface area contributed by atoms with Gasteiger partial charge in [0.25, 0.3) is 0 Å². The van der Waals surface area contributed by atoms with E-state index >= 15 is 0 Å². The van der Waals surface area contributed by atoms with Crippen molar-refractivity contribution in [2.75, 3.05) is 13.1 Å². The predicted molar refractivity (Wildman–Crippen MR) is 57.5 cm³/mol. The van der Waals surface area contributed by atoms with Crippen LogP contribution in [0.25, 0.3) is 0 Å². The number of hydrogen-bond donors (Lipinski definition) is 2. The maximum atomic E-state index is 8.59. The molecule has 1 aliphatic heterocycles. The molecule has 1 fully saturated rings. The molecule has 0 aromatic heterocycles. The lowest BCUT2D eigenvalue weighted by atomic mass is 10.0. The molecule has 0 aromatic rings. The van der Waals surface area contributed by atoms with Gasteiger partial charge in [-0.05, 0) is 45.2 Å². The molecule has 2 unspecified atom stereocenters. The fraction of sp³-hybridized carbons (Fsp3) is 0.900. The summed E-state index contributed by atoms with van der Waals surface area (Å²) >= 11 is 0. The van der Waals surface area contributed by atoms with Crippen LogP contribution in [0.5, 0.6) is 0 Å². The number of nitrogens with two attached hydrogens (primary N) is 1. The van der Waals surface area contributed by atoms with E-state index in [0.29, 0.717) is 5.84 Å². The topological polar surface area (TPSA) is 61.8 Å². The van der Waals surface area contributed by atoms with Gasteiger partial charge in [-0.15, -0.1) is 0 Å². The van der Waals surface area contributed by atoms with Gasteiger partial charge >= 0.3 is 0 Å². The maximum Gasteiger partial charge on any atom is 0.156 e. The molecule has 0 radical (unpaired) electrons. The molecule has 0 bridgehead atoms. The molecule has 0 amide bonds. The van der Waals surface area contributed by atoms with E-state index in [2.05, 4.69) is 17.0 Å². The minimum absolute atomic E-state index is 0.0605. The highest BCUT2D eigenvalue weighted by molar-refractivity contribution is 5.84. The number of oxime groups is 1. The smallest absolute Gasteiger partial charge is 0.156 e. The van der Waals surface area contributed by atoms with Crippen LogP contribution < -0.4 is 5.73 Å². The fourth-order valence-electron chi connectivity index (χ4n) is 1.94. The summed E-state index contributed by atoms with van der Waals surface area (Å²) in [5.41, 5.74) is 5.59. The van der Waals surface area contributed by atoms with E-state index in [1.165, 1.54) is 19.3 Å². The van der Waals surface area contributed by atoms with Crippen LogP contribution in [0.3, 0.4) is 0 Å². The van der Waals surface area contributed by atoms with Crippen molar-refractivity contribution in [1.29, 1.82) is 0 Å². The molecule has 14 heavy (non-hydrogen) atoms. The number of amidine groups is 1. The van der Waals surface area contributed by atoms with E-state index < -0.39 is 0 Å². The Morgan fingerprint density at radius 1 is 1.50 bits per heavy atom. The molecule has 0 aliphatic carbocycles. The average Bonchev–Trinajstić information content (AvgIpc) is 2.40. The van der Waals surface area contributed by atoms with Crippen LogP contribution in [0.2, 0.25) is 0 Å². The molecule has 4 heteroatoms. The SMILES string of the molecule is CC1CCCN(C(C)/C(N)=N/O)CC1. The zero-order valence-electron chi connectivity index (χ0n) is 9.11. The molecule has 1 aliphatic rings. The van der Waals surface area contributed by atoms with Gasteiger partial charge < -0.3 is 10.9 Å². The van der Waals surface area contributed by atoms with E-state index in [1.807, 2.05) is 6.92 Å². The van der Waals surface area contributed by atoms with Gasteiger partial charge in [-0.1, -0.05) is 12.1 Å². The second kappa shape index (κ2) is 5.20. The highest BCUT2D eigenvalue weighted by atomic mass is 16.4. The summed E-state index contributed by atoms with van der Waals surface area (Å²) in [6.45, 7) is 6.39. The fourth-order valence-corrected chi connectivity index (χ4v) is 1.94. The van der Waals surface area contributed by atoms with Crippen LogP contribution in [0.4, 0.5) is 0 Å². The average molecular weight is 199 g/mol. The van der Waals surface area contributed by atoms with Gasteiger partial charge in [-0.3, -0.25) is 4.90 Å². The Morgan fingerprint density at radius 3 is 2.86 bits per heavy atom. The van der Waals surface area contributed by atoms with Gasteiger partial charge in [-0.25, -0.2) is 0 Å². The summed E-state index contributed by atoms with van der Waals surface area (Å²) in [5.74, 6) is 1.12. The highest BCUT2D eigenvalue weighted by Crippen LogP contribution is 2.17. The van der Waals surface area contributed by atoms with Gasteiger partial charge in [0.2, 0.25) is 0 Å². The summed E-state index contributed by atoms with van der Waals surface area (Å²) in [7, 11) is 0. The van der Waals surface area contributed by atoms with Crippen molar-refractivity contribution in [3.63, 3.8) is 0 Å². The third-order valence-electron chi connectivity index (χ3n) is 3.14. The first-order valence-corrected chi connectivity index (χ1v) is 5.36. The molecular formula is C10H21N3O. The Morgan fingerprint density at radius 2 is 2.21 bits per heavy atom. The molecule has 4 nitrogen and oxygen atoms in total. The van der Waals surface area contributed by atoms with Gasteiger partial charge in [0, 0.05) is 0 Å². The highest BCUT2D eigenvalue weighted by Gasteiger charge is 2.20. The standard InChI is InChI=1S/C10H21N3O/c1-8-4-3-6-13(7-5-8)9(2)10(11)12-14/h8-9,14H,3-7H2,1-2H3,(H2,11,12). The Kier molecular flexibility index (Phi) is 4.20. The molecule has 1 saturated heterocycles. The molecule has 1 rings (SSSR count). The second-order valence-electron chi connectivity index (χ2n) is 4.27. The van der Waals surface area contributed by atoms with E-state index in [-0.39, 0.29) is 6.04 Å². The van der Waals surface area contributed by atoms with E-state index in [9.17, 15) is 0 Å². The number of rotatable bonds is 2. The number of nitrogens with zero attached hydrogens (tertiary/aromatic N) is 2. The summed E-state index contributed by atoms with van der Waals surface area (Å²) in [4.78, 5) is 2.29. The minimum atomic E-state index is 0.0605. The normalized spacial score (nSPS) is 28.4. The Hall–Kier alpha value is -0.770. The lowest BCUT2D eigenvalue weighted by Crippen LogP contribution is -2.43. The monoisotopic (exact) mass is 199 g/mol. The van der Waals surface area contributed by atoms with Crippen LogP contribution in [0.15, 0.2) is 5.16 Å². The lowest BCUT2D eigenvalue weighted by molar-refractivity contribution is 0.249. The van der Waals surface area contributed by atoms with Crippen molar-refractivity contribution < 1.29 is 5.21 Å². The molecule has 0 aromatic carbocycles. The van der Waals surface area contributed by atoms with Gasteiger partial charge in [-0.2, -0.15) is 0 Å². The summed E-state index contributed by atoms with van der Waals surface area (Å²) in [6, 6.07) is 0.0605. The van der Waals surface area contributed by atoms with Crippen molar-refractivity contribution in [1.82, 2.24) is 4.90 Å². The van der Waals surface area contributed by atoms with Crippen molar-refractivity contribution in [2.24, 2.45) is 16.8 Å². The van der Waals surface area contributed by atoms with Gasteiger partial charge in [0.05, 0.1) is 6.04 Å². The van der Waals surface area contributed by atoms with Gasteiger partial charge in [0.1, 0.15) is 0 Å². The zero-order valence-corrected chi connectivity index (χ0v) is 9.11. The summed E-state index contributed by atoms with van der Waals surface area (Å²) in [6.07, 6.45) is 3.71. The second-order valence-corrected chi connectivity index (χ2v) is 4.27. The quantitative estimate of drug-likeness (QED) is 0.304. The largest absolute Gasteiger partial charge is 0.409 e. The van der Waals surface area contributed by atoms with Crippen molar-refractivity contribution in [3.05, 3.63) is 0 Å². The van der Waals surface area contributed by atoms with E-state index in [4.69, 9.17) is 10.9 Å². The first kappa shape index (κ1) is 11.3. The van der Waals surface area contributed by atoms with Crippen LogP contribution >= 0.6 is 0 Å². The van der Waals surface area contributed by atoms with Crippen molar-refractivity contribution in [3.8, 4) is 0 Å². The Bertz CT molecular complexity index is 206. The molecule has 2 atom stereocenters. The molecule has 1 heterocycles. The van der Waals surface area contributed by atoms with Crippen molar-refractivity contribution >= 4 is 5.84 Å². The van der Waals surface area contributed by atoms with Crippen molar-refractivity contribution in [2.45, 2.75) is 39.2 Å². The van der Waals surface area contributed by atoms with Gasteiger partial charge in [0.15, 0.2) is 5.84 Å². The Labute approximate surface area is 85.8 Å².